The second-order valence-electron chi connectivity index (χ2n) is 4.86. The van der Waals surface area contributed by atoms with Crippen molar-refractivity contribution >= 4 is 23.4 Å². The van der Waals surface area contributed by atoms with Crippen molar-refractivity contribution in [3.05, 3.63) is 23.8 Å². The minimum Gasteiger partial charge on any atom is -0.324 e. The number of rotatable bonds is 1. The van der Waals surface area contributed by atoms with Gasteiger partial charge in [-0.25, -0.2) is 0 Å². The highest BCUT2D eigenvalue weighted by Gasteiger charge is 2.21. The number of nitrogens with zero attached hydrogens (tertiary/aromatic N) is 1. The summed E-state index contributed by atoms with van der Waals surface area (Å²) < 4.78 is 0. The zero-order valence-electron chi connectivity index (χ0n) is 10.4. The highest BCUT2D eigenvalue weighted by molar-refractivity contribution is 8.00. The summed E-state index contributed by atoms with van der Waals surface area (Å²) in [6.07, 6.45) is 0. The lowest BCUT2D eigenvalue weighted by atomic mass is 10.0. The minimum atomic E-state index is 0.0933. The van der Waals surface area contributed by atoms with Crippen molar-refractivity contribution in [3.63, 3.8) is 0 Å². The van der Waals surface area contributed by atoms with E-state index < -0.39 is 0 Å². The molecule has 0 aliphatic carbocycles. The van der Waals surface area contributed by atoms with Gasteiger partial charge in [-0.1, -0.05) is 6.07 Å². The molecule has 1 aromatic carbocycles. The highest BCUT2D eigenvalue weighted by Crippen LogP contribution is 2.33. The second-order valence-corrected chi connectivity index (χ2v) is 5.88. The van der Waals surface area contributed by atoms with Gasteiger partial charge < -0.3 is 15.5 Å². The molecule has 1 aromatic rings. The quantitative estimate of drug-likeness (QED) is 0.802. The van der Waals surface area contributed by atoms with Crippen molar-refractivity contribution in [1.29, 1.82) is 0 Å². The highest BCUT2D eigenvalue weighted by atomic mass is 32.2. The van der Waals surface area contributed by atoms with Gasteiger partial charge in [0, 0.05) is 30.6 Å². The number of piperazine rings is 1. The molecular weight excluding hydrogens is 246 g/mol. The van der Waals surface area contributed by atoms with Gasteiger partial charge >= 0.3 is 0 Å². The Bertz CT molecular complexity index is 477. The normalized spacial score (nSPS) is 24.5. The van der Waals surface area contributed by atoms with Crippen LogP contribution in [0.1, 0.15) is 11.6 Å². The van der Waals surface area contributed by atoms with Crippen molar-refractivity contribution in [3.8, 4) is 0 Å². The average Bonchev–Trinajstić information content (AvgIpc) is 2.38. The Morgan fingerprint density at radius 2 is 2.33 bits per heavy atom. The van der Waals surface area contributed by atoms with Crippen LogP contribution in [0, 0.1) is 0 Å². The van der Waals surface area contributed by atoms with Crippen molar-refractivity contribution in [2.75, 3.05) is 37.8 Å². The number of thioether (sulfide) groups is 1. The summed E-state index contributed by atoms with van der Waals surface area (Å²) in [5.74, 6) is 0.616. The second kappa shape index (κ2) is 4.91. The van der Waals surface area contributed by atoms with E-state index in [1.807, 2.05) is 6.07 Å². The molecular formula is C13H17N3OS. The van der Waals surface area contributed by atoms with Crippen LogP contribution in [-0.4, -0.2) is 43.2 Å². The molecule has 18 heavy (non-hydrogen) atoms. The number of benzene rings is 1. The van der Waals surface area contributed by atoms with Crippen molar-refractivity contribution in [2.45, 2.75) is 10.9 Å². The molecule has 0 spiro atoms. The van der Waals surface area contributed by atoms with Gasteiger partial charge in [-0.3, -0.25) is 4.79 Å². The number of hydrogen-bond donors (Lipinski definition) is 2. The van der Waals surface area contributed by atoms with Crippen LogP contribution in [0.4, 0.5) is 5.69 Å². The molecule has 1 saturated heterocycles. The topological polar surface area (TPSA) is 44.4 Å². The fourth-order valence-corrected chi connectivity index (χ4v) is 3.28. The molecule has 2 heterocycles. The van der Waals surface area contributed by atoms with Crippen molar-refractivity contribution in [1.82, 2.24) is 10.2 Å². The van der Waals surface area contributed by atoms with Gasteiger partial charge in [-0.05, 0) is 24.7 Å². The van der Waals surface area contributed by atoms with E-state index in [9.17, 15) is 4.79 Å². The summed E-state index contributed by atoms with van der Waals surface area (Å²) in [7, 11) is 2.15. The zero-order chi connectivity index (χ0) is 12.5. The van der Waals surface area contributed by atoms with Crippen LogP contribution in [0.15, 0.2) is 23.1 Å². The maximum atomic E-state index is 11.3. The molecule has 1 amide bonds. The molecule has 4 nitrogen and oxygen atoms in total. The number of nitrogens with one attached hydrogen (secondary N) is 2. The van der Waals surface area contributed by atoms with E-state index in [1.165, 1.54) is 10.5 Å². The lowest BCUT2D eigenvalue weighted by molar-refractivity contribution is -0.113. The van der Waals surface area contributed by atoms with Crippen LogP contribution in [-0.2, 0) is 4.79 Å². The predicted molar refractivity (Wildman–Crippen MR) is 74.0 cm³/mol. The lowest BCUT2D eigenvalue weighted by Gasteiger charge is -2.31. The van der Waals surface area contributed by atoms with E-state index in [-0.39, 0.29) is 5.91 Å². The molecule has 1 unspecified atom stereocenters. The number of carbonyl (C=O) groups is 1. The molecule has 0 bridgehead atoms. The molecule has 2 N–H and O–H groups in total. The van der Waals surface area contributed by atoms with E-state index >= 15 is 0 Å². The molecule has 2 aliphatic rings. The van der Waals surface area contributed by atoms with Crippen LogP contribution in [0.3, 0.4) is 0 Å². The van der Waals surface area contributed by atoms with Crippen LogP contribution in [0.2, 0.25) is 0 Å². The molecule has 5 heteroatoms. The first-order valence-corrected chi connectivity index (χ1v) is 7.19. The Labute approximate surface area is 111 Å². The van der Waals surface area contributed by atoms with Crippen LogP contribution in [0.5, 0.6) is 0 Å². The Kier molecular flexibility index (Phi) is 3.28. The number of carbonyl (C=O) groups excluding carboxylic acids is 1. The van der Waals surface area contributed by atoms with Gasteiger partial charge in [0.15, 0.2) is 0 Å². The van der Waals surface area contributed by atoms with Crippen LogP contribution >= 0.6 is 11.8 Å². The number of hydrogen-bond acceptors (Lipinski definition) is 4. The Hall–Kier alpha value is -1.04. The third-order valence-electron chi connectivity index (χ3n) is 3.42. The molecule has 1 fully saturated rings. The molecule has 3 rings (SSSR count). The smallest absolute Gasteiger partial charge is 0.234 e. The van der Waals surface area contributed by atoms with Crippen LogP contribution in [0.25, 0.3) is 0 Å². The van der Waals surface area contributed by atoms with Gasteiger partial charge in [0.1, 0.15) is 0 Å². The van der Waals surface area contributed by atoms with Gasteiger partial charge in [-0.2, -0.15) is 0 Å². The van der Waals surface area contributed by atoms with Crippen LogP contribution < -0.4 is 10.6 Å². The third kappa shape index (κ3) is 2.39. The molecule has 0 saturated carbocycles. The zero-order valence-corrected chi connectivity index (χ0v) is 11.2. The maximum absolute atomic E-state index is 11.3. The minimum absolute atomic E-state index is 0.0933. The summed E-state index contributed by atoms with van der Waals surface area (Å²) in [6, 6.07) is 6.73. The summed E-state index contributed by atoms with van der Waals surface area (Å²) in [6.45, 7) is 3.17. The SMILES string of the molecule is CN1CCNC(c2ccc3c(c2)SCC(=O)N3)C1. The third-order valence-corrected chi connectivity index (χ3v) is 4.47. The van der Waals surface area contributed by atoms with Gasteiger partial charge in [0.25, 0.3) is 0 Å². The van der Waals surface area contributed by atoms with Gasteiger partial charge in [0.05, 0.1) is 11.4 Å². The van der Waals surface area contributed by atoms with E-state index in [2.05, 4.69) is 34.7 Å². The van der Waals surface area contributed by atoms with E-state index in [1.54, 1.807) is 11.8 Å². The molecule has 96 valence electrons. The first-order valence-electron chi connectivity index (χ1n) is 6.21. The Balaban J connectivity index is 1.83. The van der Waals surface area contributed by atoms with Gasteiger partial charge in [-0.15, -0.1) is 11.8 Å². The molecule has 0 aromatic heterocycles. The van der Waals surface area contributed by atoms with E-state index in [0.717, 1.165) is 25.3 Å². The fourth-order valence-electron chi connectivity index (χ4n) is 2.43. The van der Waals surface area contributed by atoms with Crippen molar-refractivity contribution < 1.29 is 4.79 Å². The lowest BCUT2D eigenvalue weighted by Crippen LogP contribution is -2.43. The summed E-state index contributed by atoms with van der Waals surface area (Å²) in [5.41, 5.74) is 2.26. The molecule has 1 atom stereocenters. The van der Waals surface area contributed by atoms with Gasteiger partial charge in [0.2, 0.25) is 5.91 Å². The maximum Gasteiger partial charge on any atom is 0.234 e. The summed E-state index contributed by atoms with van der Waals surface area (Å²) in [4.78, 5) is 14.8. The van der Waals surface area contributed by atoms with E-state index in [4.69, 9.17) is 0 Å². The first-order chi connectivity index (χ1) is 8.72. The largest absolute Gasteiger partial charge is 0.324 e. The number of anilines is 1. The first kappa shape index (κ1) is 12.0. The number of amides is 1. The molecule has 0 radical (unpaired) electrons. The summed E-state index contributed by atoms with van der Waals surface area (Å²) in [5, 5.41) is 6.45. The average molecular weight is 263 g/mol. The number of fused-ring (bicyclic) bond motifs is 1. The van der Waals surface area contributed by atoms with E-state index in [0.29, 0.717) is 11.8 Å². The number of likely N-dealkylation sites (N-methyl/N-ethyl adjacent to an activating group) is 1. The van der Waals surface area contributed by atoms with Crippen molar-refractivity contribution in [2.24, 2.45) is 0 Å². The fraction of sp³-hybridized carbons (Fsp3) is 0.462. The monoisotopic (exact) mass is 263 g/mol. The summed E-state index contributed by atoms with van der Waals surface area (Å²) >= 11 is 1.62. The molecule has 2 aliphatic heterocycles. The Morgan fingerprint density at radius 1 is 1.44 bits per heavy atom. The standard InChI is InChI=1S/C13H17N3OS/c1-16-5-4-14-11(7-16)9-2-3-10-12(6-9)18-8-13(17)15-10/h2-3,6,11,14H,4-5,7-8H2,1H3,(H,15,17). The Morgan fingerprint density at radius 3 is 3.17 bits per heavy atom. The predicted octanol–water partition coefficient (Wildman–Crippen LogP) is 1.31.